The van der Waals surface area contributed by atoms with Gasteiger partial charge in [0.25, 0.3) is 0 Å². The van der Waals surface area contributed by atoms with Crippen LogP contribution in [-0.2, 0) is 62.0 Å². The van der Waals surface area contributed by atoms with E-state index >= 15 is 0 Å². The highest BCUT2D eigenvalue weighted by molar-refractivity contribution is 5.77. The lowest BCUT2D eigenvalue weighted by Crippen LogP contribution is -2.67. The molecule has 4 fully saturated rings. The lowest BCUT2D eigenvalue weighted by atomic mass is 9.50. The third-order valence-corrected chi connectivity index (χ3v) is 15.2. The molecule has 4 rings (SSSR count). The zero-order chi connectivity index (χ0) is 64.4. The normalized spacial score (nSPS) is 20.6. The molecule has 0 aliphatic heterocycles. The van der Waals surface area contributed by atoms with Crippen molar-refractivity contribution in [1.29, 1.82) is 5.26 Å². The zero-order valence-corrected chi connectivity index (χ0v) is 53.9. The van der Waals surface area contributed by atoms with Crippen LogP contribution in [0, 0.1) is 56.2 Å². The van der Waals surface area contributed by atoms with Gasteiger partial charge < -0.3 is 59.1 Å². The summed E-state index contributed by atoms with van der Waals surface area (Å²) in [6, 6.07) is 1.90. The van der Waals surface area contributed by atoms with E-state index in [9.17, 15) is 43.8 Å². The SMILES string of the molecule is CCC(C)(C)C(=O)O.CCC(C)(C)C(=O)OC12CC3CC(O)(CC(O)(C3)C1)C2.CCC(C)(C)C(=O)OCCO.CCC(C)(C)C(=O)OCO.CCC(C)C(=O)OCC(C)O.CCC(C)C(=O)OCCC#N.CCOC(=O)C(C)(C)CC. The topological polar surface area (TPSA) is 320 Å². The van der Waals surface area contributed by atoms with Crippen LogP contribution in [0.25, 0.3) is 0 Å². The van der Waals surface area contributed by atoms with Gasteiger partial charge in [0.15, 0.2) is 6.79 Å². The van der Waals surface area contributed by atoms with Crippen molar-refractivity contribution in [1.82, 2.24) is 0 Å². The Kier molecular flexibility index (Phi) is 40.2. The number of esters is 6. The van der Waals surface area contributed by atoms with Gasteiger partial charge in [-0.3, -0.25) is 33.6 Å². The van der Waals surface area contributed by atoms with Crippen LogP contribution in [0.1, 0.15) is 235 Å². The number of carboxylic acids is 1. The van der Waals surface area contributed by atoms with Crippen LogP contribution in [-0.4, -0.2) is 135 Å². The fourth-order valence-corrected chi connectivity index (χ4v) is 7.36. The highest BCUT2D eigenvalue weighted by Crippen LogP contribution is 2.60. The molecule has 0 aromatic heterocycles. The number of carbonyl (C=O) groups excluding carboxylic acids is 6. The molecule has 0 aromatic carbocycles. The molecule has 5 unspecified atom stereocenters. The molecule has 20 heteroatoms. The number of aliphatic carboxylic acids is 1. The second-order valence-corrected chi connectivity index (χ2v) is 24.8. The summed E-state index contributed by atoms with van der Waals surface area (Å²) in [5.41, 5.74) is -4.58. The Morgan fingerprint density at radius 3 is 1.23 bits per heavy atom. The quantitative estimate of drug-likeness (QED) is 0.0240. The van der Waals surface area contributed by atoms with E-state index in [4.69, 9.17) is 49.4 Å². The first kappa shape index (κ1) is 83.0. The summed E-state index contributed by atoms with van der Waals surface area (Å²) in [5.74, 6) is -1.88. The molecule has 0 spiro atoms. The van der Waals surface area contributed by atoms with Gasteiger partial charge >= 0.3 is 41.8 Å². The van der Waals surface area contributed by atoms with Crippen LogP contribution in [0.5, 0.6) is 0 Å². The Balaban J connectivity index is -0.000000438. The number of nitriles is 1. The molecule has 4 aliphatic carbocycles. The van der Waals surface area contributed by atoms with Crippen LogP contribution in [0.15, 0.2) is 0 Å². The molecule has 4 saturated carbocycles. The maximum absolute atomic E-state index is 12.4. The van der Waals surface area contributed by atoms with Gasteiger partial charge in [0.1, 0.15) is 25.4 Å². The number of carboxylic acid groups (broad SMARTS) is 1. The fraction of sp³-hybridized carbons (Fsp3) is 0.869. The average Bonchev–Trinajstić information content (AvgIpc) is 3.38. The highest BCUT2D eigenvalue weighted by Gasteiger charge is 2.65. The average molecular weight is 1160 g/mol. The van der Waals surface area contributed by atoms with Gasteiger partial charge in [-0.1, -0.05) is 62.3 Å². The number of carbonyl (C=O) groups is 7. The summed E-state index contributed by atoms with van der Waals surface area (Å²) >= 11 is 0. The number of aliphatic hydroxyl groups excluding tert-OH is 3. The van der Waals surface area contributed by atoms with Crippen molar-refractivity contribution in [2.45, 2.75) is 258 Å². The van der Waals surface area contributed by atoms with E-state index in [2.05, 4.69) is 4.74 Å². The first-order valence-electron chi connectivity index (χ1n) is 29.1. The van der Waals surface area contributed by atoms with Gasteiger partial charge in [-0.05, 0) is 153 Å². The molecule has 0 saturated heterocycles. The summed E-state index contributed by atoms with van der Waals surface area (Å²) < 4.78 is 29.4. The summed E-state index contributed by atoms with van der Waals surface area (Å²) in [6.07, 6.45) is 8.66. The van der Waals surface area contributed by atoms with Crippen molar-refractivity contribution in [3.05, 3.63) is 0 Å². The predicted octanol–water partition coefficient (Wildman–Crippen LogP) is 9.98. The first-order valence-corrected chi connectivity index (χ1v) is 29.1. The molecule has 5 atom stereocenters. The number of aliphatic hydroxyl groups is 5. The molecule has 6 N–H and O–H groups in total. The van der Waals surface area contributed by atoms with Crippen LogP contribution in [0.4, 0.5) is 0 Å². The van der Waals surface area contributed by atoms with E-state index in [0.717, 1.165) is 51.4 Å². The smallest absolute Gasteiger partial charge is 0.313 e. The van der Waals surface area contributed by atoms with Crippen molar-refractivity contribution >= 4 is 41.8 Å². The zero-order valence-electron chi connectivity index (χ0n) is 53.9. The summed E-state index contributed by atoms with van der Waals surface area (Å²) in [5, 5.41) is 63.3. The lowest BCUT2D eigenvalue weighted by molar-refractivity contribution is -0.264. The third kappa shape index (κ3) is 33.5. The number of nitrogens with zero attached hydrogens (tertiary/aromatic N) is 1. The molecular formula is C61H113NO19. The van der Waals surface area contributed by atoms with Crippen molar-refractivity contribution in [2.75, 3.05) is 39.8 Å². The van der Waals surface area contributed by atoms with Gasteiger partial charge in [0, 0.05) is 19.3 Å². The number of ether oxygens (including phenoxy) is 6. The minimum atomic E-state index is -0.842. The molecular weight excluding hydrogens is 1050 g/mol. The Morgan fingerprint density at radius 2 is 0.926 bits per heavy atom. The molecule has 20 nitrogen and oxygen atoms in total. The van der Waals surface area contributed by atoms with Crippen LogP contribution in [0.2, 0.25) is 0 Å². The number of hydrogen-bond acceptors (Lipinski definition) is 19. The Morgan fingerprint density at radius 1 is 0.543 bits per heavy atom. The van der Waals surface area contributed by atoms with Crippen LogP contribution >= 0.6 is 0 Å². The molecule has 0 amide bonds. The Hall–Kier alpha value is -4.42. The van der Waals surface area contributed by atoms with Gasteiger partial charge in [-0.15, -0.1) is 0 Å². The minimum absolute atomic E-state index is 0.0475. The van der Waals surface area contributed by atoms with E-state index in [1.54, 1.807) is 34.6 Å². The fourth-order valence-electron chi connectivity index (χ4n) is 7.36. The summed E-state index contributed by atoms with van der Waals surface area (Å²) in [6.45, 7) is 39.0. The van der Waals surface area contributed by atoms with E-state index < -0.39 is 57.3 Å². The predicted molar refractivity (Wildman–Crippen MR) is 309 cm³/mol. The molecule has 0 aromatic rings. The standard InChI is InChI=1S/C16H26O4.C8H13NO2.2C8H16O3.C8H16O2.C7H14O3.C6H12O2/c1-4-13(2,3)12(17)20-16-7-11-5-14(18,9-16)8-15(19,6-11)10-16;1-3-7(2)8(10)11-6-4-5-9;1-4-8(2,3)7(10)11-6-5-9;1-4-6(2)8(10)11-5-7(3)9;1-5-8(3,4)7(9)10-6-2;1-4-7(2,3)6(9)10-5-8;1-4-6(2,3)5(7)8/h11,18-19H,4-10H2,1-3H3;7H,3-4,6H2,1-2H3;9H,4-6H2,1-3H3;6-7,9H,4-5H2,1-3H3;5-6H2,1-4H3;8H,4-5H2,1-3H3;4H2,1-3H3,(H,7,8). The van der Waals surface area contributed by atoms with Crippen molar-refractivity contribution in [3.8, 4) is 6.07 Å². The van der Waals surface area contributed by atoms with Gasteiger partial charge in [0.2, 0.25) is 0 Å². The maximum Gasteiger partial charge on any atom is 0.313 e. The maximum atomic E-state index is 12.4. The minimum Gasteiger partial charge on any atom is -0.481 e. The highest BCUT2D eigenvalue weighted by atomic mass is 16.6. The van der Waals surface area contributed by atoms with Crippen molar-refractivity contribution < 1.29 is 92.6 Å². The number of hydrogen-bond donors (Lipinski definition) is 6. The van der Waals surface area contributed by atoms with E-state index in [1.165, 1.54) is 0 Å². The molecule has 0 heterocycles. The van der Waals surface area contributed by atoms with Crippen molar-refractivity contribution in [3.63, 3.8) is 0 Å². The van der Waals surface area contributed by atoms with E-state index in [-0.39, 0.29) is 91.8 Å². The molecule has 476 valence electrons. The molecule has 4 aliphatic rings. The molecule has 81 heavy (non-hydrogen) atoms. The third-order valence-electron chi connectivity index (χ3n) is 15.2. The second-order valence-electron chi connectivity index (χ2n) is 24.8. The van der Waals surface area contributed by atoms with Gasteiger partial charge in [0.05, 0.1) is 81.9 Å². The summed E-state index contributed by atoms with van der Waals surface area (Å²) in [4.78, 5) is 77.6. The van der Waals surface area contributed by atoms with E-state index in [0.29, 0.717) is 38.7 Å². The van der Waals surface area contributed by atoms with Crippen LogP contribution in [0.3, 0.4) is 0 Å². The van der Waals surface area contributed by atoms with Gasteiger partial charge in [-0.2, -0.15) is 5.26 Å². The van der Waals surface area contributed by atoms with Gasteiger partial charge in [-0.25, -0.2) is 0 Å². The lowest BCUT2D eigenvalue weighted by Gasteiger charge is -2.62. The summed E-state index contributed by atoms with van der Waals surface area (Å²) in [7, 11) is 0. The molecule has 0 radical (unpaired) electrons. The second kappa shape index (κ2) is 39.2. The number of rotatable bonds is 23. The Labute approximate surface area is 487 Å². The van der Waals surface area contributed by atoms with Crippen LogP contribution < -0.4 is 0 Å². The first-order chi connectivity index (χ1) is 37.0. The monoisotopic (exact) mass is 1160 g/mol. The largest absolute Gasteiger partial charge is 0.481 e. The Bertz CT molecular complexity index is 1850. The van der Waals surface area contributed by atoms with Crippen molar-refractivity contribution in [2.24, 2.45) is 44.8 Å². The molecule has 4 bridgehead atoms. The van der Waals surface area contributed by atoms with E-state index in [1.807, 2.05) is 117 Å².